The predicted molar refractivity (Wildman–Crippen MR) is 67.6 cm³/mol. The normalized spacial score (nSPS) is 15.9. The molecule has 0 N–H and O–H groups in total. The van der Waals surface area contributed by atoms with Crippen LogP contribution in [0.2, 0.25) is 0 Å². The first-order valence-electron chi connectivity index (χ1n) is 5.73. The van der Waals surface area contributed by atoms with Crippen molar-refractivity contribution in [2.75, 3.05) is 0 Å². The van der Waals surface area contributed by atoms with Crippen molar-refractivity contribution in [2.45, 2.75) is 32.6 Å². The van der Waals surface area contributed by atoms with E-state index in [4.69, 9.17) is 0 Å². The zero-order valence-corrected chi connectivity index (χ0v) is 9.42. The molecule has 0 aliphatic heterocycles. The van der Waals surface area contributed by atoms with Crippen LogP contribution >= 0.6 is 0 Å². The van der Waals surface area contributed by atoms with E-state index in [2.05, 4.69) is 43.8 Å². The van der Waals surface area contributed by atoms with Gasteiger partial charge in [-0.3, -0.25) is 0 Å². The molecule has 1 aliphatic carbocycles. The molecule has 0 amide bonds. The fourth-order valence-corrected chi connectivity index (χ4v) is 2.07. The minimum absolute atomic E-state index is 1.14. The molecule has 0 nitrogen and oxygen atoms in total. The molecule has 2 rings (SSSR count). The molecular formula is C15H18. The van der Waals surface area contributed by atoms with Crippen molar-refractivity contribution >= 4 is 11.1 Å². The molecule has 0 spiro atoms. The molecule has 15 heavy (non-hydrogen) atoms. The van der Waals surface area contributed by atoms with Crippen LogP contribution in [0.3, 0.4) is 0 Å². The van der Waals surface area contributed by atoms with Crippen LogP contribution < -0.4 is 0 Å². The van der Waals surface area contributed by atoms with E-state index in [1.165, 1.54) is 42.4 Å². The Morgan fingerprint density at radius 1 is 1.13 bits per heavy atom. The summed E-state index contributed by atoms with van der Waals surface area (Å²) in [6.07, 6.45) is 7.57. The lowest BCUT2D eigenvalue weighted by molar-refractivity contribution is 0.742. The van der Waals surface area contributed by atoms with Crippen molar-refractivity contribution in [2.24, 2.45) is 0 Å². The van der Waals surface area contributed by atoms with Gasteiger partial charge in [0.2, 0.25) is 0 Å². The zero-order chi connectivity index (χ0) is 10.7. The molecule has 0 fully saturated rings. The summed E-state index contributed by atoms with van der Waals surface area (Å²) < 4.78 is 0. The van der Waals surface area contributed by atoms with E-state index in [1.807, 2.05) is 0 Å². The van der Waals surface area contributed by atoms with Crippen molar-refractivity contribution < 1.29 is 0 Å². The summed E-state index contributed by atoms with van der Waals surface area (Å²) in [4.78, 5) is 0. The van der Waals surface area contributed by atoms with Crippen LogP contribution in [0, 0.1) is 0 Å². The van der Waals surface area contributed by atoms with E-state index >= 15 is 0 Å². The van der Waals surface area contributed by atoms with Crippen molar-refractivity contribution in [3.63, 3.8) is 0 Å². The Morgan fingerprint density at radius 2 is 1.87 bits per heavy atom. The van der Waals surface area contributed by atoms with Crippen LogP contribution in [-0.4, -0.2) is 0 Å². The molecule has 0 bridgehead atoms. The summed E-state index contributed by atoms with van der Waals surface area (Å²) in [5.74, 6) is 0. The van der Waals surface area contributed by atoms with Gasteiger partial charge in [0.25, 0.3) is 0 Å². The van der Waals surface area contributed by atoms with Gasteiger partial charge in [0.05, 0.1) is 0 Å². The van der Waals surface area contributed by atoms with Gasteiger partial charge in [0.1, 0.15) is 0 Å². The molecule has 1 aliphatic rings. The zero-order valence-electron chi connectivity index (χ0n) is 9.42. The molecule has 0 saturated heterocycles. The fourth-order valence-electron chi connectivity index (χ4n) is 2.07. The topological polar surface area (TPSA) is 0 Å². The summed E-state index contributed by atoms with van der Waals surface area (Å²) in [6, 6.07) is 8.79. The standard InChI is InChI=1S/C15H18/c1-12(2)13-8-10-15(11-9-13)14-6-4-3-5-7-14/h6,8-11H,1,3-5,7H2,2H3. The first-order chi connectivity index (χ1) is 7.27. The maximum Gasteiger partial charge on any atom is -0.0227 e. The molecule has 0 heterocycles. The van der Waals surface area contributed by atoms with Gasteiger partial charge >= 0.3 is 0 Å². The molecular weight excluding hydrogens is 180 g/mol. The van der Waals surface area contributed by atoms with Crippen molar-refractivity contribution in [1.82, 2.24) is 0 Å². The second-order valence-electron chi connectivity index (χ2n) is 4.33. The fraction of sp³-hybridized carbons (Fsp3) is 0.333. The van der Waals surface area contributed by atoms with Gasteiger partial charge in [0, 0.05) is 0 Å². The third-order valence-electron chi connectivity index (χ3n) is 3.04. The molecule has 0 atom stereocenters. The smallest absolute Gasteiger partial charge is 0.0227 e. The number of allylic oxidation sites excluding steroid dienone is 3. The Morgan fingerprint density at radius 3 is 2.40 bits per heavy atom. The van der Waals surface area contributed by atoms with Crippen LogP contribution in [0.25, 0.3) is 11.1 Å². The highest BCUT2D eigenvalue weighted by Crippen LogP contribution is 2.27. The molecule has 0 aromatic heterocycles. The molecule has 1 aromatic carbocycles. The maximum atomic E-state index is 3.95. The number of hydrogen-bond acceptors (Lipinski definition) is 0. The highest BCUT2D eigenvalue weighted by Gasteiger charge is 2.05. The average Bonchev–Trinajstić information content (AvgIpc) is 2.30. The van der Waals surface area contributed by atoms with Gasteiger partial charge in [-0.2, -0.15) is 0 Å². The quantitative estimate of drug-likeness (QED) is 0.647. The summed E-state index contributed by atoms with van der Waals surface area (Å²) in [7, 11) is 0. The predicted octanol–water partition coefficient (Wildman–Crippen LogP) is 4.68. The third-order valence-corrected chi connectivity index (χ3v) is 3.04. The lowest BCUT2D eigenvalue weighted by Gasteiger charge is -2.13. The van der Waals surface area contributed by atoms with Gasteiger partial charge in [-0.1, -0.05) is 42.5 Å². The van der Waals surface area contributed by atoms with Gasteiger partial charge in [0.15, 0.2) is 0 Å². The Kier molecular flexibility index (Phi) is 3.05. The minimum atomic E-state index is 1.14. The number of hydrogen-bond donors (Lipinski definition) is 0. The van der Waals surface area contributed by atoms with E-state index in [0.29, 0.717) is 0 Å². The largest absolute Gasteiger partial charge is 0.0955 e. The number of rotatable bonds is 2. The van der Waals surface area contributed by atoms with Gasteiger partial charge < -0.3 is 0 Å². The third kappa shape index (κ3) is 2.38. The monoisotopic (exact) mass is 198 g/mol. The average molecular weight is 198 g/mol. The first kappa shape index (κ1) is 10.2. The summed E-state index contributed by atoms with van der Waals surface area (Å²) in [6.45, 7) is 6.00. The number of benzene rings is 1. The van der Waals surface area contributed by atoms with E-state index in [9.17, 15) is 0 Å². The van der Waals surface area contributed by atoms with E-state index in [0.717, 1.165) is 5.57 Å². The molecule has 0 heteroatoms. The van der Waals surface area contributed by atoms with E-state index in [1.54, 1.807) is 0 Å². The molecule has 0 unspecified atom stereocenters. The Bertz CT molecular complexity index is 379. The highest BCUT2D eigenvalue weighted by atomic mass is 14.1. The summed E-state index contributed by atoms with van der Waals surface area (Å²) in [5, 5.41) is 0. The van der Waals surface area contributed by atoms with Crippen LogP contribution in [0.5, 0.6) is 0 Å². The van der Waals surface area contributed by atoms with Crippen LogP contribution in [-0.2, 0) is 0 Å². The summed E-state index contributed by atoms with van der Waals surface area (Å²) >= 11 is 0. The highest BCUT2D eigenvalue weighted by molar-refractivity contribution is 5.69. The van der Waals surface area contributed by atoms with Crippen molar-refractivity contribution in [3.8, 4) is 0 Å². The molecule has 1 aromatic rings. The summed E-state index contributed by atoms with van der Waals surface area (Å²) in [5.41, 5.74) is 5.29. The van der Waals surface area contributed by atoms with E-state index in [-0.39, 0.29) is 0 Å². The first-order valence-corrected chi connectivity index (χ1v) is 5.73. The minimum Gasteiger partial charge on any atom is -0.0955 e. The second-order valence-corrected chi connectivity index (χ2v) is 4.33. The molecule has 0 radical (unpaired) electrons. The van der Waals surface area contributed by atoms with Gasteiger partial charge in [-0.25, -0.2) is 0 Å². The molecule has 0 saturated carbocycles. The van der Waals surface area contributed by atoms with Crippen molar-refractivity contribution in [3.05, 3.63) is 48.0 Å². The second kappa shape index (κ2) is 4.48. The Hall–Kier alpha value is -1.30. The van der Waals surface area contributed by atoms with Crippen LogP contribution in [0.1, 0.15) is 43.7 Å². The lowest BCUT2D eigenvalue weighted by Crippen LogP contribution is -1.91. The Balaban J connectivity index is 2.23. The van der Waals surface area contributed by atoms with Crippen LogP contribution in [0.4, 0.5) is 0 Å². The van der Waals surface area contributed by atoms with Gasteiger partial charge in [-0.15, -0.1) is 0 Å². The SMILES string of the molecule is C=C(C)c1ccc(C2=CCCCC2)cc1. The lowest BCUT2D eigenvalue weighted by atomic mass is 9.93. The van der Waals surface area contributed by atoms with Crippen LogP contribution in [0.15, 0.2) is 36.9 Å². The molecule has 78 valence electrons. The van der Waals surface area contributed by atoms with E-state index < -0.39 is 0 Å². The van der Waals surface area contributed by atoms with Gasteiger partial charge in [-0.05, 0) is 49.3 Å². The van der Waals surface area contributed by atoms with Crippen molar-refractivity contribution in [1.29, 1.82) is 0 Å². The maximum absolute atomic E-state index is 3.95. The Labute approximate surface area is 92.3 Å².